The van der Waals surface area contributed by atoms with Gasteiger partial charge in [0.2, 0.25) is 0 Å². The fourth-order valence-electron chi connectivity index (χ4n) is 2.59. The molecule has 0 aliphatic heterocycles. The number of para-hydroxylation sites is 1. The molecule has 0 aliphatic rings. The van der Waals surface area contributed by atoms with E-state index in [-0.39, 0.29) is 0 Å². The summed E-state index contributed by atoms with van der Waals surface area (Å²) in [6.07, 6.45) is 5.01. The quantitative estimate of drug-likeness (QED) is 0.706. The summed E-state index contributed by atoms with van der Waals surface area (Å²) in [5.74, 6) is 1.05. The summed E-state index contributed by atoms with van der Waals surface area (Å²) in [5.41, 5.74) is 2.25. The predicted octanol–water partition coefficient (Wildman–Crippen LogP) is 2.32. The lowest BCUT2D eigenvalue weighted by Gasteiger charge is -2.07. The molecule has 0 amide bonds. The van der Waals surface area contributed by atoms with E-state index < -0.39 is 0 Å². The van der Waals surface area contributed by atoms with Crippen molar-refractivity contribution in [1.82, 2.24) is 24.6 Å². The van der Waals surface area contributed by atoms with E-state index in [2.05, 4.69) is 45.1 Å². The van der Waals surface area contributed by atoms with E-state index in [1.54, 1.807) is 0 Å². The van der Waals surface area contributed by atoms with Crippen LogP contribution in [-0.2, 0) is 20.1 Å². The Labute approximate surface area is 124 Å². The normalized spacial score (nSPS) is 11.3. The van der Waals surface area contributed by atoms with Gasteiger partial charge in [0, 0.05) is 24.8 Å². The van der Waals surface area contributed by atoms with Crippen LogP contribution >= 0.6 is 0 Å². The number of hydrogen-bond acceptors (Lipinski definition) is 3. The summed E-state index contributed by atoms with van der Waals surface area (Å²) in [6.45, 7) is 4.73. The van der Waals surface area contributed by atoms with Crippen molar-refractivity contribution >= 4 is 10.9 Å². The van der Waals surface area contributed by atoms with Gasteiger partial charge in [0.1, 0.15) is 5.82 Å². The predicted molar refractivity (Wildman–Crippen MR) is 84.0 cm³/mol. The second-order valence-corrected chi connectivity index (χ2v) is 5.24. The zero-order chi connectivity index (χ0) is 14.7. The number of aromatic nitrogens is 4. The second-order valence-electron chi connectivity index (χ2n) is 5.24. The topological polar surface area (TPSA) is 47.7 Å². The molecule has 0 atom stereocenters. The zero-order valence-corrected chi connectivity index (χ0v) is 12.6. The Morgan fingerprint density at radius 3 is 2.95 bits per heavy atom. The van der Waals surface area contributed by atoms with Crippen LogP contribution in [0.15, 0.2) is 36.7 Å². The smallest absolute Gasteiger partial charge is 0.123 e. The lowest BCUT2D eigenvalue weighted by atomic mass is 10.2. The Morgan fingerprint density at radius 1 is 1.24 bits per heavy atom. The molecule has 2 aromatic heterocycles. The largest absolute Gasteiger partial charge is 0.328 e. The molecule has 1 aromatic carbocycles. The molecule has 0 saturated heterocycles. The van der Waals surface area contributed by atoms with Gasteiger partial charge in [-0.1, -0.05) is 25.1 Å². The van der Waals surface area contributed by atoms with Gasteiger partial charge in [-0.05, 0) is 19.0 Å². The number of aryl methyl sites for hydroxylation is 1. The summed E-state index contributed by atoms with van der Waals surface area (Å²) >= 11 is 0. The Balaban J connectivity index is 1.84. The molecule has 0 aliphatic carbocycles. The van der Waals surface area contributed by atoms with Crippen LogP contribution in [0.4, 0.5) is 0 Å². The Hall–Kier alpha value is -2.14. The first-order valence-corrected chi connectivity index (χ1v) is 7.41. The third-order valence-corrected chi connectivity index (χ3v) is 3.67. The van der Waals surface area contributed by atoms with Crippen LogP contribution in [0.2, 0.25) is 0 Å². The molecule has 0 bridgehead atoms. The summed E-state index contributed by atoms with van der Waals surface area (Å²) in [6, 6.07) is 8.34. The minimum Gasteiger partial charge on any atom is -0.328 e. The van der Waals surface area contributed by atoms with Crippen LogP contribution < -0.4 is 5.32 Å². The van der Waals surface area contributed by atoms with E-state index >= 15 is 0 Å². The maximum absolute atomic E-state index is 4.65. The number of nitrogens with zero attached hydrogens (tertiary/aromatic N) is 4. The number of rotatable bonds is 6. The minimum atomic E-state index is 0.754. The summed E-state index contributed by atoms with van der Waals surface area (Å²) in [7, 11) is 1.99. The molecular formula is C16H21N5. The Morgan fingerprint density at radius 2 is 2.10 bits per heavy atom. The van der Waals surface area contributed by atoms with Crippen LogP contribution in [-0.4, -0.2) is 25.9 Å². The molecule has 0 fully saturated rings. The lowest BCUT2D eigenvalue weighted by Crippen LogP contribution is -2.18. The molecule has 3 aromatic rings. The van der Waals surface area contributed by atoms with Gasteiger partial charge in [0.25, 0.3) is 0 Å². The van der Waals surface area contributed by atoms with Gasteiger partial charge in [-0.25, -0.2) is 4.98 Å². The molecule has 1 N–H and O–H groups in total. The van der Waals surface area contributed by atoms with Crippen molar-refractivity contribution in [2.24, 2.45) is 7.05 Å². The van der Waals surface area contributed by atoms with Crippen LogP contribution in [0.1, 0.15) is 24.9 Å². The van der Waals surface area contributed by atoms with Crippen molar-refractivity contribution in [2.45, 2.75) is 26.4 Å². The number of benzene rings is 1. The Kier molecular flexibility index (Phi) is 4.01. The molecule has 0 saturated carbocycles. The molecule has 0 unspecified atom stereocenters. The molecule has 110 valence electrons. The SMILES string of the molecule is CCCNCc1nccn1Cc1nn(C)c2ccccc12. The molecular weight excluding hydrogens is 262 g/mol. The van der Waals surface area contributed by atoms with Crippen LogP contribution in [0.3, 0.4) is 0 Å². The molecule has 2 heterocycles. The van der Waals surface area contributed by atoms with Crippen LogP contribution in [0.5, 0.6) is 0 Å². The first-order valence-electron chi connectivity index (χ1n) is 7.41. The zero-order valence-electron chi connectivity index (χ0n) is 12.6. The van der Waals surface area contributed by atoms with Gasteiger partial charge < -0.3 is 9.88 Å². The van der Waals surface area contributed by atoms with Crippen molar-refractivity contribution in [3.8, 4) is 0 Å². The van der Waals surface area contributed by atoms with Crippen molar-refractivity contribution < 1.29 is 0 Å². The second kappa shape index (κ2) is 6.10. The van der Waals surface area contributed by atoms with Crippen molar-refractivity contribution in [3.05, 3.63) is 48.2 Å². The fourth-order valence-corrected chi connectivity index (χ4v) is 2.59. The van der Waals surface area contributed by atoms with E-state index in [9.17, 15) is 0 Å². The summed E-state index contributed by atoms with van der Waals surface area (Å²) in [5, 5.41) is 9.26. The highest BCUT2D eigenvalue weighted by molar-refractivity contribution is 5.81. The lowest BCUT2D eigenvalue weighted by molar-refractivity contribution is 0.609. The van der Waals surface area contributed by atoms with E-state index in [0.717, 1.165) is 37.6 Å². The molecule has 21 heavy (non-hydrogen) atoms. The third-order valence-electron chi connectivity index (χ3n) is 3.67. The number of imidazole rings is 1. The maximum Gasteiger partial charge on any atom is 0.123 e. The third kappa shape index (κ3) is 2.83. The number of hydrogen-bond donors (Lipinski definition) is 1. The summed E-state index contributed by atoms with van der Waals surface area (Å²) in [4.78, 5) is 4.44. The van der Waals surface area contributed by atoms with E-state index in [4.69, 9.17) is 0 Å². The molecule has 5 nitrogen and oxygen atoms in total. The van der Waals surface area contributed by atoms with E-state index in [1.807, 2.05) is 30.2 Å². The number of fused-ring (bicyclic) bond motifs is 1. The first kappa shape index (κ1) is 13.8. The highest BCUT2D eigenvalue weighted by atomic mass is 15.3. The van der Waals surface area contributed by atoms with Crippen molar-refractivity contribution in [2.75, 3.05) is 6.54 Å². The van der Waals surface area contributed by atoms with Gasteiger partial charge in [-0.3, -0.25) is 4.68 Å². The highest BCUT2D eigenvalue weighted by Gasteiger charge is 2.10. The van der Waals surface area contributed by atoms with Crippen LogP contribution in [0.25, 0.3) is 10.9 Å². The monoisotopic (exact) mass is 283 g/mol. The molecule has 0 radical (unpaired) electrons. The van der Waals surface area contributed by atoms with Gasteiger partial charge >= 0.3 is 0 Å². The van der Waals surface area contributed by atoms with Gasteiger partial charge in [-0.2, -0.15) is 5.10 Å². The standard InChI is InChI=1S/C16H21N5/c1-3-8-17-11-16-18-9-10-21(16)12-14-13-6-4-5-7-15(13)20(2)19-14/h4-7,9-10,17H,3,8,11-12H2,1-2H3. The average Bonchev–Trinajstić information content (AvgIpc) is 3.06. The van der Waals surface area contributed by atoms with Crippen molar-refractivity contribution in [1.29, 1.82) is 0 Å². The van der Waals surface area contributed by atoms with Crippen molar-refractivity contribution in [3.63, 3.8) is 0 Å². The van der Waals surface area contributed by atoms with Gasteiger partial charge in [-0.15, -0.1) is 0 Å². The fraction of sp³-hybridized carbons (Fsp3) is 0.375. The van der Waals surface area contributed by atoms with Gasteiger partial charge in [0.05, 0.1) is 24.3 Å². The maximum atomic E-state index is 4.65. The number of nitrogens with one attached hydrogen (secondary N) is 1. The minimum absolute atomic E-state index is 0.754. The molecule has 3 rings (SSSR count). The van der Waals surface area contributed by atoms with E-state index in [1.165, 1.54) is 10.9 Å². The van der Waals surface area contributed by atoms with E-state index in [0.29, 0.717) is 0 Å². The average molecular weight is 283 g/mol. The highest BCUT2D eigenvalue weighted by Crippen LogP contribution is 2.18. The summed E-state index contributed by atoms with van der Waals surface area (Å²) < 4.78 is 4.11. The molecule has 0 spiro atoms. The van der Waals surface area contributed by atoms with Crippen LogP contribution in [0, 0.1) is 0 Å². The first-order chi connectivity index (χ1) is 10.3. The van der Waals surface area contributed by atoms with Gasteiger partial charge in [0.15, 0.2) is 0 Å². The molecule has 5 heteroatoms. The Bertz CT molecular complexity index is 725.